The van der Waals surface area contributed by atoms with Crippen LogP contribution in [0.5, 0.6) is 0 Å². The first-order valence-electron chi connectivity index (χ1n) is 7.14. The number of aromatic nitrogens is 1. The van der Waals surface area contributed by atoms with Crippen molar-refractivity contribution in [3.8, 4) is 0 Å². The molecule has 0 spiro atoms. The fourth-order valence-corrected chi connectivity index (χ4v) is 3.54. The molecule has 2 heterocycles. The van der Waals surface area contributed by atoms with E-state index in [1.807, 2.05) is 19.2 Å². The van der Waals surface area contributed by atoms with Crippen molar-refractivity contribution in [3.05, 3.63) is 11.1 Å². The molecular weight excluding hydrogens is 274 g/mol. The molecule has 1 aliphatic rings. The molecule has 1 fully saturated rings. The smallest absolute Gasteiger partial charge is 0.225 e. The number of carbonyl (C=O) groups excluding carboxylic acids is 1. The zero-order valence-corrected chi connectivity index (χ0v) is 13.2. The van der Waals surface area contributed by atoms with E-state index in [1.165, 1.54) is 11.3 Å². The minimum atomic E-state index is -0.237. The van der Waals surface area contributed by atoms with Gasteiger partial charge in [-0.25, -0.2) is 4.98 Å². The summed E-state index contributed by atoms with van der Waals surface area (Å²) in [5.74, 6) is 0.404. The number of anilines is 1. The number of amides is 1. The second-order valence-corrected chi connectivity index (χ2v) is 6.25. The maximum absolute atomic E-state index is 11.5. The fraction of sp³-hybridized carbons (Fsp3) is 0.714. The predicted molar refractivity (Wildman–Crippen MR) is 80.9 cm³/mol. The van der Waals surface area contributed by atoms with E-state index in [9.17, 15) is 9.90 Å². The minimum absolute atomic E-state index is 0.0312. The molecule has 0 bridgehead atoms. The number of likely N-dealkylation sites (tertiary alicyclic amines) is 1. The van der Waals surface area contributed by atoms with Crippen LogP contribution in [0.4, 0.5) is 5.13 Å². The average molecular weight is 297 g/mol. The summed E-state index contributed by atoms with van der Waals surface area (Å²) in [7, 11) is 0. The Kier molecular flexibility index (Phi) is 5.12. The predicted octanol–water partition coefficient (Wildman–Crippen LogP) is 1.72. The molecule has 112 valence electrons. The highest BCUT2D eigenvalue weighted by Crippen LogP contribution is 2.25. The number of aliphatic hydroxyl groups is 1. The van der Waals surface area contributed by atoms with Gasteiger partial charge in [-0.05, 0) is 32.7 Å². The molecular formula is C14H23N3O2S. The van der Waals surface area contributed by atoms with Gasteiger partial charge in [-0.3, -0.25) is 14.6 Å². The lowest BCUT2D eigenvalue weighted by atomic mass is 10.0. The molecule has 1 aliphatic heterocycles. The molecule has 0 radical (unpaired) electrons. The second-order valence-electron chi connectivity index (χ2n) is 5.41. The lowest BCUT2D eigenvalue weighted by Gasteiger charge is -2.16. The van der Waals surface area contributed by atoms with Gasteiger partial charge >= 0.3 is 0 Å². The van der Waals surface area contributed by atoms with E-state index in [0.717, 1.165) is 36.9 Å². The summed E-state index contributed by atoms with van der Waals surface area (Å²) in [6.45, 7) is 8.77. The molecule has 5 nitrogen and oxygen atoms in total. The minimum Gasteiger partial charge on any atom is -0.393 e. The van der Waals surface area contributed by atoms with E-state index in [2.05, 4.69) is 9.88 Å². The first-order valence-corrected chi connectivity index (χ1v) is 8.02. The van der Waals surface area contributed by atoms with Crippen molar-refractivity contribution in [2.75, 3.05) is 24.5 Å². The summed E-state index contributed by atoms with van der Waals surface area (Å²) in [4.78, 5) is 20.1. The normalized spacial score (nSPS) is 21.1. The first kappa shape index (κ1) is 15.4. The van der Waals surface area contributed by atoms with Crippen LogP contribution >= 0.6 is 11.3 Å². The molecule has 0 saturated carbocycles. The van der Waals surface area contributed by atoms with Gasteiger partial charge in [0, 0.05) is 31.9 Å². The number of nitrogens with zero attached hydrogens (tertiary/aromatic N) is 3. The largest absolute Gasteiger partial charge is 0.393 e. The van der Waals surface area contributed by atoms with Gasteiger partial charge in [0.1, 0.15) is 0 Å². The van der Waals surface area contributed by atoms with Gasteiger partial charge in [0.15, 0.2) is 5.13 Å². The Hall–Kier alpha value is -0.980. The Labute approximate surface area is 124 Å². The van der Waals surface area contributed by atoms with Gasteiger partial charge in [-0.1, -0.05) is 0 Å². The SMILES string of the molecule is CCN(C(C)=O)c1nc(CN2CCC(C(C)O)C2)cs1. The monoisotopic (exact) mass is 297 g/mol. The second kappa shape index (κ2) is 6.65. The maximum Gasteiger partial charge on any atom is 0.225 e. The molecule has 20 heavy (non-hydrogen) atoms. The van der Waals surface area contributed by atoms with Crippen LogP contribution in [0.3, 0.4) is 0 Å². The van der Waals surface area contributed by atoms with Crippen molar-refractivity contribution >= 4 is 22.4 Å². The van der Waals surface area contributed by atoms with Crippen LogP contribution in [0.1, 0.15) is 32.9 Å². The number of carbonyl (C=O) groups is 1. The van der Waals surface area contributed by atoms with E-state index in [1.54, 1.807) is 11.8 Å². The van der Waals surface area contributed by atoms with Crippen LogP contribution in [0.15, 0.2) is 5.38 Å². The standard InChI is InChI=1S/C14H23N3O2S/c1-4-17(11(3)19)14-15-13(9-20-14)8-16-6-5-12(7-16)10(2)18/h9-10,12,18H,4-8H2,1-3H3. The number of hydrogen-bond acceptors (Lipinski definition) is 5. The Bertz CT molecular complexity index is 461. The summed E-state index contributed by atoms with van der Waals surface area (Å²) < 4.78 is 0. The van der Waals surface area contributed by atoms with Crippen molar-refractivity contribution in [1.29, 1.82) is 0 Å². The van der Waals surface area contributed by atoms with Crippen molar-refractivity contribution in [3.63, 3.8) is 0 Å². The van der Waals surface area contributed by atoms with Crippen LogP contribution in [0.25, 0.3) is 0 Å². The number of rotatable bonds is 5. The molecule has 2 atom stereocenters. The quantitative estimate of drug-likeness (QED) is 0.899. The third kappa shape index (κ3) is 3.56. The van der Waals surface area contributed by atoms with Gasteiger partial charge in [0.25, 0.3) is 0 Å². The van der Waals surface area contributed by atoms with E-state index in [0.29, 0.717) is 12.5 Å². The van der Waals surface area contributed by atoms with E-state index >= 15 is 0 Å². The topological polar surface area (TPSA) is 56.7 Å². The highest BCUT2D eigenvalue weighted by atomic mass is 32.1. The molecule has 2 unspecified atom stereocenters. The Morgan fingerprint density at radius 3 is 3.00 bits per heavy atom. The number of thiazole rings is 1. The number of aliphatic hydroxyl groups excluding tert-OH is 1. The first-order chi connectivity index (χ1) is 9.51. The van der Waals surface area contributed by atoms with E-state index in [4.69, 9.17) is 0 Å². The fourth-order valence-electron chi connectivity index (χ4n) is 2.61. The zero-order valence-electron chi connectivity index (χ0n) is 12.4. The van der Waals surface area contributed by atoms with Gasteiger partial charge < -0.3 is 5.11 Å². The van der Waals surface area contributed by atoms with Crippen LogP contribution in [0.2, 0.25) is 0 Å². The molecule has 2 rings (SSSR count). The van der Waals surface area contributed by atoms with E-state index < -0.39 is 0 Å². The van der Waals surface area contributed by atoms with Crippen molar-refractivity contribution in [2.45, 2.75) is 39.8 Å². The highest BCUT2D eigenvalue weighted by molar-refractivity contribution is 7.14. The number of hydrogen-bond donors (Lipinski definition) is 1. The third-order valence-electron chi connectivity index (χ3n) is 3.84. The van der Waals surface area contributed by atoms with Crippen LogP contribution < -0.4 is 4.90 Å². The Balaban J connectivity index is 1.95. The van der Waals surface area contributed by atoms with Crippen LogP contribution in [-0.2, 0) is 11.3 Å². The zero-order chi connectivity index (χ0) is 14.7. The van der Waals surface area contributed by atoms with Gasteiger partial charge in [0.05, 0.1) is 11.8 Å². The summed E-state index contributed by atoms with van der Waals surface area (Å²) in [5.41, 5.74) is 1.01. The molecule has 0 aliphatic carbocycles. The van der Waals surface area contributed by atoms with Crippen molar-refractivity contribution < 1.29 is 9.90 Å². The third-order valence-corrected chi connectivity index (χ3v) is 4.76. The summed E-state index contributed by atoms with van der Waals surface area (Å²) in [5, 5.41) is 12.4. The summed E-state index contributed by atoms with van der Waals surface area (Å²) in [6, 6.07) is 0. The molecule has 6 heteroatoms. The molecule has 1 N–H and O–H groups in total. The lowest BCUT2D eigenvalue weighted by molar-refractivity contribution is -0.116. The average Bonchev–Trinajstić information content (AvgIpc) is 3.00. The van der Waals surface area contributed by atoms with Gasteiger partial charge in [-0.15, -0.1) is 11.3 Å². The molecule has 1 saturated heterocycles. The van der Waals surface area contributed by atoms with Crippen molar-refractivity contribution in [1.82, 2.24) is 9.88 Å². The molecule has 0 aromatic carbocycles. The van der Waals surface area contributed by atoms with E-state index in [-0.39, 0.29) is 12.0 Å². The van der Waals surface area contributed by atoms with Crippen molar-refractivity contribution in [2.24, 2.45) is 5.92 Å². The summed E-state index contributed by atoms with van der Waals surface area (Å²) >= 11 is 1.52. The molecule has 1 amide bonds. The Morgan fingerprint density at radius 2 is 2.45 bits per heavy atom. The maximum atomic E-state index is 11.5. The lowest BCUT2D eigenvalue weighted by Crippen LogP contribution is -2.28. The Morgan fingerprint density at radius 1 is 1.70 bits per heavy atom. The summed E-state index contributed by atoms with van der Waals surface area (Å²) in [6.07, 6.45) is 0.808. The highest BCUT2D eigenvalue weighted by Gasteiger charge is 2.26. The molecule has 1 aromatic rings. The van der Waals surface area contributed by atoms with Gasteiger partial charge in [-0.2, -0.15) is 0 Å². The van der Waals surface area contributed by atoms with Crippen LogP contribution in [0, 0.1) is 5.92 Å². The molecule has 1 aromatic heterocycles. The van der Waals surface area contributed by atoms with Crippen LogP contribution in [-0.4, -0.2) is 46.6 Å². The van der Waals surface area contributed by atoms with Gasteiger partial charge in [0.2, 0.25) is 5.91 Å².